The lowest BCUT2D eigenvalue weighted by atomic mass is 10.2. The minimum atomic E-state index is -0.682. The Morgan fingerprint density at radius 1 is 1.04 bits per heavy atom. The molecule has 1 heterocycles. The van der Waals surface area contributed by atoms with Crippen LogP contribution in [0.3, 0.4) is 0 Å². The third-order valence-electron chi connectivity index (χ3n) is 3.95. The molecule has 0 aliphatic heterocycles. The number of esters is 1. The third-order valence-corrected chi connectivity index (χ3v) is 3.95. The van der Waals surface area contributed by atoms with Gasteiger partial charge in [-0.2, -0.15) is 9.97 Å². The van der Waals surface area contributed by atoms with Crippen LogP contribution in [0, 0.1) is 0 Å². The van der Waals surface area contributed by atoms with Gasteiger partial charge in [0.05, 0.1) is 12.1 Å². The van der Waals surface area contributed by atoms with Crippen molar-refractivity contribution in [3.63, 3.8) is 0 Å². The molecule has 0 saturated heterocycles. The molecule has 1 aromatic heterocycles. The van der Waals surface area contributed by atoms with Crippen molar-refractivity contribution in [1.82, 2.24) is 9.97 Å². The summed E-state index contributed by atoms with van der Waals surface area (Å²) in [4.78, 5) is 22.6. The maximum atomic E-state index is 11.7. The number of carbonyl (C=O) groups excluding carboxylic acids is 1. The monoisotopic (exact) mass is 381 g/mol. The Labute approximate surface area is 163 Å². The van der Waals surface area contributed by atoms with Crippen LogP contribution in [-0.2, 0) is 9.53 Å². The summed E-state index contributed by atoms with van der Waals surface area (Å²) in [6, 6.07) is 15.0. The molecule has 0 aliphatic carbocycles. The van der Waals surface area contributed by atoms with Crippen molar-refractivity contribution in [3.05, 3.63) is 48.5 Å². The molecular formula is C21H23N3O4. The van der Waals surface area contributed by atoms with E-state index in [0.717, 1.165) is 16.7 Å². The maximum absolute atomic E-state index is 11.7. The van der Waals surface area contributed by atoms with Crippen LogP contribution in [0.25, 0.3) is 10.9 Å². The van der Waals surface area contributed by atoms with Gasteiger partial charge >= 0.3 is 12.0 Å². The van der Waals surface area contributed by atoms with Crippen LogP contribution in [-0.4, -0.2) is 42.7 Å². The molecule has 1 atom stereocenters. The highest BCUT2D eigenvalue weighted by atomic mass is 16.6. The summed E-state index contributed by atoms with van der Waals surface area (Å²) in [7, 11) is 3.85. The molecule has 1 unspecified atom stereocenters. The first-order valence-electron chi connectivity index (χ1n) is 9.03. The lowest BCUT2D eigenvalue weighted by Gasteiger charge is -2.15. The predicted octanol–water partition coefficient (Wildman–Crippen LogP) is 3.82. The summed E-state index contributed by atoms with van der Waals surface area (Å²) in [5.41, 5.74) is 0.805. The van der Waals surface area contributed by atoms with Gasteiger partial charge in [0, 0.05) is 19.5 Å². The summed E-state index contributed by atoms with van der Waals surface area (Å²) in [5.74, 6) is 1.49. The molecule has 0 radical (unpaired) electrons. The second-order valence-electron chi connectivity index (χ2n) is 6.33. The number of benzene rings is 2. The number of anilines is 1. The van der Waals surface area contributed by atoms with E-state index in [1.807, 2.05) is 43.3 Å². The summed E-state index contributed by atoms with van der Waals surface area (Å²) in [5, 5.41) is 0.955. The van der Waals surface area contributed by atoms with Crippen molar-refractivity contribution in [2.45, 2.75) is 20.0 Å². The zero-order chi connectivity index (χ0) is 20.1. The smallest absolute Gasteiger partial charge is 0.347 e. The van der Waals surface area contributed by atoms with Crippen molar-refractivity contribution >= 4 is 22.7 Å². The van der Waals surface area contributed by atoms with Crippen LogP contribution in [0.1, 0.15) is 13.8 Å². The average molecular weight is 381 g/mol. The first kappa shape index (κ1) is 19.4. The first-order valence-corrected chi connectivity index (χ1v) is 9.03. The maximum Gasteiger partial charge on any atom is 0.347 e. The molecule has 0 fully saturated rings. The minimum Gasteiger partial charge on any atom is -0.479 e. The van der Waals surface area contributed by atoms with E-state index in [4.69, 9.17) is 14.2 Å². The molecule has 146 valence electrons. The Bertz CT molecular complexity index is 958. The van der Waals surface area contributed by atoms with E-state index >= 15 is 0 Å². The predicted molar refractivity (Wildman–Crippen MR) is 107 cm³/mol. The van der Waals surface area contributed by atoms with Crippen LogP contribution in [0.4, 0.5) is 5.82 Å². The lowest BCUT2D eigenvalue weighted by molar-refractivity contribution is -0.150. The number of nitrogens with zero attached hydrogens (tertiary/aromatic N) is 3. The van der Waals surface area contributed by atoms with Crippen LogP contribution in [0.2, 0.25) is 0 Å². The average Bonchev–Trinajstić information content (AvgIpc) is 2.69. The molecule has 7 heteroatoms. The zero-order valence-electron chi connectivity index (χ0n) is 16.4. The highest BCUT2D eigenvalue weighted by Crippen LogP contribution is 2.28. The highest BCUT2D eigenvalue weighted by molar-refractivity contribution is 5.89. The topological polar surface area (TPSA) is 73.8 Å². The van der Waals surface area contributed by atoms with E-state index in [1.54, 1.807) is 38.1 Å². The number of hydrogen-bond donors (Lipinski definition) is 0. The summed E-state index contributed by atoms with van der Waals surface area (Å²) in [6.07, 6.45) is -0.682. The van der Waals surface area contributed by atoms with Crippen LogP contribution >= 0.6 is 0 Å². The molecule has 0 spiro atoms. The molecule has 0 amide bonds. The zero-order valence-corrected chi connectivity index (χ0v) is 16.4. The second kappa shape index (κ2) is 8.56. The number of ether oxygens (including phenoxy) is 3. The summed E-state index contributed by atoms with van der Waals surface area (Å²) in [6.45, 7) is 3.72. The van der Waals surface area contributed by atoms with Crippen LogP contribution < -0.4 is 14.4 Å². The Morgan fingerprint density at radius 2 is 1.71 bits per heavy atom. The van der Waals surface area contributed by atoms with Gasteiger partial charge in [-0.25, -0.2) is 4.79 Å². The van der Waals surface area contributed by atoms with Gasteiger partial charge in [-0.05, 0) is 50.2 Å². The Hall–Kier alpha value is -3.35. The number of carbonyl (C=O) groups is 1. The van der Waals surface area contributed by atoms with Gasteiger partial charge in [0.25, 0.3) is 0 Å². The van der Waals surface area contributed by atoms with E-state index in [-0.39, 0.29) is 6.01 Å². The van der Waals surface area contributed by atoms with E-state index in [0.29, 0.717) is 18.1 Å². The van der Waals surface area contributed by atoms with Crippen molar-refractivity contribution in [1.29, 1.82) is 0 Å². The summed E-state index contributed by atoms with van der Waals surface area (Å²) >= 11 is 0. The van der Waals surface area contributed by atoms with Gasteiger partial charge < -0.3 is 19.1 Å². The van der Waals surface area contributed by atoms with E-state index in [2.05, 4.69) is 9.97 Å². The number of hydrogen-bond acceptors (Lipinski definition) is 7. The second-order valence-corrected chi connectivity index (χ2v) is 6.33. The highest BCUT2D eigenvalue weighted by Gasteiger charge is 2.16. The van der Waals surface area contributed by atoms with Gasteiger partial charge in [-0.3, -0.25) is 0 Å². The number of aromatic nitrogens is 2. The molecule has 7 nitrogen and oxygen atoms in total. The fourth-order valence-corrected chi connectivity index (χ4v) is 2.63. The SMILES string of the molecule is CCOC(=O)C(C)Oc1ccc(Oc2nc(N(C)C)c3ccccc3n2)cc1. The molecule has 2 aromatic carbocycles. The van der Waals surface area contributed by atoms with E-state index in [1.165, 1.54) is 0 Å². The molecule has 0 N–H and O–H groups in total. The quantitative estimate of drug-likeness (QED) is 0.576. The van der Waals surface area contributed by atoms with Gasteiger partial charge in [0.1, 0.15) is 17.3 Å². The molecule has 0 aliphatic rings. The summed E-state index contributed by atoms with van der Waals surface area (Å²) < 4.78 is 16.3. The number of fused-ring (bicyclic) bond motifs is 1. The van der Waals surface area contributed by atoms with Crippen LogP contribution in [0.15, 0.2) is 48.5 Å². The standard InChI is InChI=1S/C21H23N3O4/c1-5-26-20(25)14(2)27-15-10-12-16(13-11-15)28-21-22-18-9-7-6-8-17(18)19(23-21)24(3)4/h6-14H,5H2,1-4H3. The first-order chi connectivity index (χ1) is 13.5. The fourth-order valence-electron chi connectivity index (χ4n) is 2.63. The lowest BCUT2D eigenvalue weighted by Crippen LogP contribution is -2.25. The molecule has 3 aromatic rings. The fraction of sp³-hybridized carbons (Fsp3) is 0.286. The normalized spacial score (nSPS) is 11.7. The van der Waals surface area contributed by atoms with Crippen molar-refractivity contribution in [3.8, 4) is 17.5 Å². The minimum absolute atomic E-state index is 0.260. The van der Waals surface area contributed by atoms with Gasteiger partial charge in [-0.1, -0.05) is 12.1 Å². The Balaban J connectivity index is 1.76. The Morgan fingerprint density at radius 3 is 2.39 bits per heavy atom. The molecule has 0 bridgehead atoms. The molecule has 28 heavy (non-hydrogen) atoms. The van der Waals surface area contributed by atoms with Crippen molar-refractivity contribution < 1.29 is 19.0 Å². The van der Waals surface area contributed by atoms with Crippen molar-refractivity contribution in [2.24, 2.45) is 0 Å². The molecular weight excluding hydrogens is 358 g/mol. The van der Waals surface area contributed by atoms with Gasteiger partial charge in [-0.15, -0.1) is 0 Å². The third kappa shape index (κ3) is 4.49. The largest absolute Gasteiger partial charge is 0.479 e. The van der Waals surface area contributed by atoms with Gasteiger partial charge in [0.15, 0.2) is 6.10 Å². The number of rotatable bonds is 7. The van der Waals surface area contributed by atoms with Crippen LogP contribution in [0.5, 0.6) is 17.5 Å². The van der Waals surface area contributed by atoms with Crippen molar-refractivity contribution in [2.75, 3.05) is 25.6 Å². The molecule has 0 saturated carbocycles. The Kier molecular flexibility index (Phi) is 5.93. The number of para-hydroxylation sites is 1. The van der Waals surface area contributed by atoms with Gasteiger partial charge in [0.2, 0.25) is 0 Å². The van der Waals surface area contributed by atoms with E-state index in [9.17, 15) is 4.79 Å². The molecule has 3 rings (SSSR count). The van der Waals surface area contributed by atoms with E-state index < -0.39 is 12.1 Å².